The van der Waals surface area contributed by atoms with Gasteiger partial charge in [0.2, 0.25) is 0 Å². The van der Waals surface area contributed by atoms with Gasteiger partial charge < -0.3 is 30.4 Å². The lowest BCUT2D eigenvalue weighted by molar-refractivity contribution is -0.195. The second-order valence-corrected chi connectivity index (χ2v) is 19.7. The Kier molecular flexibility index (Phi) is 19.4. The second-order valence-electron chi connectivity index (χ2n) is 18.2. The van der Waals surface area contributed by atoms with Gasteiger partial charge in [0.25, 0.3) is 0 Å². The van der Waals surface area contributed by atoms with E-state index in [1.165, 1.54) is 42.5 Å². The summed E-state index contributed by atoms with van der Waals surface area (Å²) < 4.78 is 60.6. The molecule has 0 aromatic heterocycles. The number of halogens is 3. The Hall–Kier alpha value is -7.14. The van der Waals surface area contributed by atoms with Crippen LogP contribution in [-0.4, -0.2) is 29.4 Å². The number of nitrogens with one attached hydrogen (secondary N) is 3. The molecular formula is C57H55BF3N5O8S2. The maximum Gasteiger partial charge on any atom is 0.494 e. The van der Waals surface area contributed by atoms with Crippen LogP contribution in [0.2, 0.25) is 0 Å². The van der Waals surface area contributed by atoms with Gasteiger partial charge in [-0.2, -0.15) is 11.8 Å². The van der Waals surface area contributed by atoms with Gasteiger partial charge in [-0.25, -0.2) is 18.0 Å². The minimum absolute atomic E-state index is 0.115. The average molecular weight is 1070 g/mol. The van der Waals surface area contributed by atoms with Gasteiger partial charge in [-0.05, 0) is 202 Å². The molecule has 13 nitrogen and oxygen atoms in total. The van der Waals surface area contributed by atoms with Gasteiger partial charge in [0, 0.05) is 38.2 Å². The van der Waals surface area contributed by atoms with Crippen molar-refractivity contribution < 1.29 is 51.0 Å². The average Bonchev–Trinajstić information content (AvgIpc) is 3.65. The first-order valence-electron chi connectivity index (χ1n) is 23.5. The largest absolute Gasteiger partial charge is 0.494 e. The number of carbonyl (C=O) groups is 1. The van der Waals surface area contributed by atoms with E-state index in [2.05, 4.69) is 52.8 Å². The van der Waals surface area contributed by atoms with Gasteiger partial charge in [0.15, 0.2) is 0 Å². The molecule has 0 spiro atoms. The number of anilines is 6. The van der Waals surface area contributed by atoms with Crippen molar-refractivity contribution in [2.45, 2.75) is 62.5 Å². The molecule has 76 heavy (non-hydrogen) atoms. The van der Waals surface area contributed by atoms with Crippen molar-refractivity contribution in [3.8, 4) is 22.3 Å². The summed E-state index contributed by atoms with van der Waals surface area (Å²) in [7, 11) is -0.399. The molecule has 9 rings (SSSR count). The summed E-state index contributed by atoms with van der Waals surface area (Å²) >= 11 is 2.01. The highest BCUT2D eigenvalue weighted by Crippen LogP contribution is 2.37. The van der Waals surface area contributed by atoms with Crippen LogP contribution >= 0.6 is 24.1 Å². The van der Waals surface area contributed by atoms with Gasteiger partial charge in [0.05, 0.1) is 46.5 Å². The number of hydrogen-bond acceptors (Lipinski definition) is 14. The maximum atomic E-state index is 13.1. The molecule has 0 saturated carbocycles. The summed E-state index contributed by atoms with van der Waals surface area (Å²) in [4.78, 5) is 21.3. The van der Waals surface area contributed by atoms with E-state index in [1.807, 2.05) is 108 Å². The van der Waals surface area contributed by atoms with Gasteiger partial charge in [-0.3, -0.25) is 0 Å². The first-order valence-corrected chi connectivity index (χ1v) is 25.0. The predicted molar refractivity (Wildman–Crippen MR) is 296 cm³/mol. The zero-order valence-electron chi connectivity index (χ0n) is 42.2. The highest BCUT2D eigenvalue weighted by atomic mass is 32.2. The Morgan fingerprint density at radius 1 is 0.500 bits per heavy atom. The van der Waals surface area contributed by atoms with E-state index < -0.39 is 13.1 Å². The molecule has 0 bridgehead atoms. The summed E-state index contributed by atoms with van der Waals surface area (Å²) in [5.74, 6) is 7.71. The van der Waals surface area contributed by atoms with Crippen molar-refractivity contribution >= 4 is 76.8 Å². The monoisotopic (exact) mass is 1070 g/mol. The molecule has 0 unspecified atom stereocenters. The molecule has 8 aromatic rings. The van der Waals surface area contributed by atoms with E-state index in [1.54, 1.807) is 48.5 Å². The summed E-state index contributed by atoms with van der Waals surface area (Å²) in [5.41, 5.74) is 11.0. The number of aromatic carboxylic acids is 1. The van der Waals surface area contributed by atoms with Crippen molar-refractivity contribution in [1.82, 2.24) is 0 Å². The van der Waals surface area contributed by atoms with Crippen LogP contribution in [0.5, 0.6) is 0 Å². The van der Waals surface area contributed by atoms with Crippen molar-refractivity contribution in [1.29, 1.82) is 0 Å². The lowest BCUT2D eigenvalue weighted by atomic mass is 9.78. The molecule has 1 saturated heterocycles. The number of rotatable bonds is 16. The zero-order chi connectivity index (χ0) is 54.4. The first-order chi connectivity index (χ1) is 36.4. The molecule has 1 heterocycles. The summed E-state index contributed by atoms with van der Waals surface area (Å²) in [6.07, 6.45) is 0. The van der Waals surface area contributed by atoms with Crippen LogP contribution in [-0.2, 0) is 28.0 Å². The normalized spacial score (nSPS) is 13.2. The molecule has 0 aliphatic carbocycles. The second kappa shape index (κ2) is 26.1. The summed E-state index contributed by atoms with van der Waals surface area (Å²) in [6.45, 7) is 12.2. The number of aryl methyl sites for hydroxylation is 2. The van der Waals surface area contributed by atoms with Crippen LogP contribution in [0.3, 0.4) is 0 Å². The van der Waals surface area contributed by atoms with E-state index >= 15 is 0 Å². The Bertz CT molecular complexity index is 3180. The van der Waals surface area contributed by atoms with Crippen molar-refractivity contribution in [3.63, 3.8) is 0 Å². The molecule has 1 fully saturated rings. The molecule has 0 atom stereocenters. The lowest BCUT2D eigenvalue weighted by Crippen LogP contribution is -2.41. The molecule has 8 aromatic carbocycles. The van der Waals surface area contributed by atoms with Crippen LogP contribution in [0, 0.1) is 31.3 Å². The maximum absolute atomic E-state index is 13.1. The van der Waals surface area contributed by atoms with E-state index in [-0.39, 0.29) is 34.2 Å². The van der Waals surface area contributed by atoms with Crippen LogP contribution in [0.25, 0.3) is 22.3 Å². The minimum atomic E-state index is -1.06. The van der Waals surface area contributed by atoms with Crippen molar-refractivity contribution in [2.24, 2.45) is 11.8 Å². The van der Waals surface area contributed by atoms with Crippen LogP contribution in [0.4, 0.5) is 47.3 Å². The Labute approximate surface area is 448 Å². The highest BCUT2D eigenvalue weighted by Gasteiger charge is 2.51. The van der Waals surface area contributed by atoms with E-state index in [4.69, 9.17) is 21.1 Å². The van der Waals surface area contributed by atoms with Gasteiger partial charge in [-0.15, -0.1) is 18.6 Å². The van der Waals surface area contributed by atoms with E-state index in [9.17, 15) is 23.1 Å². The highest BCUT2D eigenvalue weighted by molar-refractivity contribution is 7.94. The third-order valence-electron chi connectivity index (χ3n) is 12.4. The van der Waals surface area contributed by atoms with E-state index in [0.29, 0.717) is 11.4 Å². The van der Waals surface area contributed by atoms with Crippen LogP contribution in [0.1, 0.15) is 49.2 Å². The molecule has 1 aliphatic heterocycles. The summed E-state index contributed by atoms with van der Waals surface area (Å²) in [5, 5.41) is 19.1. The third kappa shape index (κ3) is 15.5. The molecule has 0 amide bonds. The lowest BCUT2D eigenvalue weighted by Gasteiger charge is -2.32. The number of benzene rings is 8. The Balaban J connectivity index is 0.000000166. The third-order valence-corrected chi connectivity index (χ3v) is 13.6. The number of carboxylic acids is 1. The Morgan fingerprint density at radius 2 is 0.855 bits per heavy atom. The SMILES string of the molecule is Cc1ccc(-c2ccc(SOON)cc2)cc1Nc1ccc(F)cc1.Cc1ccc(B2OC(C)(C)C(C)(C)O2)cc1Nc1ccc(F)cc1.NOOSc1ccc(-c2ccc(C(=O)O)c(Nc3ccc(F)cc3)c2)cc1. The van der Waals surface area contributed by atoms with Crippen molar-refractivity contribution in [3.05, 3.63) is 210 Å². The molecule has 19 heteroatoms. The molecular weight excluding hydrogens is 1010 g/mol. The summed E-state index contributed by atoms with van der Waals surface area (Å²) in [6, 6.07) is 50.7. The van der Waals surface area contributed by atoms with Crippen LogP contribution < -0.4 is 33.2 Å². The fourth-order valence-electron chi connectivity index (χ4n) is 7.44. The van der Waals surface area contributed by atoms with Gasteiger partial charge >= 0.3 is 13.1 Å². The quantitative estimate of drug-likeness (QED) is 0.0233. The van der Waals surface area contributed by atoms with E-state index in [0.717, 1.165) is 95.5 Å². The zero-order valence-corrected chi connectivity index (χ0v) is 43.9. The number of nitrogens with two attached hydrogens (primary N) is 2. The van der Waals surface area contributed by atoms with Crippen molar-refractivity contribution in [2.75, 3.05) is 16.0 Å². The van der Waals surface area contributed by atoms with Gasteiger partial charge in [-0.1, -0.05) is 54.6 Å². The molecule has 1 aliphatic rings. The number of carboxylic acid groups (broad SMARTS) is 1. The Morgan fingerprint density at radius 3 is 1.26 bits per heavy atom. The minimum Gasteiger partial charge on any atom is -0.478 e. The first kappa shape index (κ1) is 56.6. The number of hydrogen-bond donors (Lipinski definition) is 6. The van der Waals surface area contributed by atoms with Gasteiger partial charge in [0.1, 0.15) is 17.5 Å². The predicted octanol–water partition coefficient (Wildman–Crippen LogP) is 14.3. The fourth-order valence-corrected chi connectivity index (χ4v) is 8.17. The topological polar surface area (TPSA) is 181 Å². The molecule has 0 radical (unpaired) electrons. The smallest absolute Gasteiger partial charge is 0.478 e. The van der Waals surface area contributed by atoms with Crippen LogP contribution in [0.15, 0.2) is 186 Å². The molecule has 392 valence electrons. The fraction of sp³-hybridized carbons (Fsp3) is 0.140. The molecule has 8 N–H and O–H groups in total. The standard InChI is InChI=1S/C19H23BFNO2.C19H15FN2O4S.C19H17FN2O2S/c1-13-6-7-14(20-23-18(2,3)19(4,5)24-20)12-17(13)22-16-10-8-15(21)9-11-16;20-14-4-6-15(7-5-14)22-18-11-13(3-10-17(18)19(23)24)12-1-8-16(9-2-12)27-26-25-21;1-13-2-3-15(14-4-10-18(11-5-14)25-24-23-21)12-19(13)22-17-8-6-16(20)7-9-17/h6-12,22H,1-5H3;1-11,22H,21H2,(H,23,24);2-12,22H,21H2,1H3.